The molecule has 0 atom stereocenters. The molecule has 0 aliphatic rings. The van der Waals surface area contributed by atoms with Crippen LogP contribution in [0.4, 0.5) is 0 Å². The number of carbonyl (C=O) groups excluding carboxylic acids is 1. The van der Waals surface area contributed by atoms with Gasteiger partial charge in [0.15, 0.2) is 0 Å². The van der Waals surface area contributed by atoms with Gasteiger partial charge in [0.25, 0.3) is 5.91 Å². The fraction of sp³-hybridized carbons (Fsp3) is 0.389. The molecule has 0 bridgehead atoms. The van der Waals surface area contributed by atoms with Crippen LogP contribution >= 0.6 is 24.0 Å². The molecule has 0 spiro atoms. The lowest BCUT2D eigenvalue weighted by atomic mass is 10.2. The predicted molar refractivity (Wildman–Crippen MR) is 105 cm³/mol. The molecule has 1 aromatic carbocycles. The molecule has 2 aromatic rings. The first-order chi connectivity index (χ1) is 11.5. The molecule has 1 aromatic heterocycles. The van der Waals surface area contributed by atoms with E-state index in [0.717, 1.165) is 23.6 Å². The first-order valence-electron chi connectivity index (χ1n) is 7.97. The van der Waals surface area contributed by atoms with Gasteiger partial charge in [-0.25, -0.2) is 0 Å². The Bertz CT molecular complexity index is 684. The van der Waals surface area contributed by atoms with E-state index in [9.17, 15) is 4.79 Å². The minimum Gasteiger partial charge on any atom is -0.383 e. The minimum atomic E-state index is -0.0585. The summed E-state index contributed by atoms with van der Waals surface area (Å²) in [6, 6.07) is 9.51. The van der Waals surface area contributed by atoms with E-state index < -0.39 is 0 Å². The van der Waals surface area contributed by atoms with E-state index in [1.807, 2.05) is 44.2 Å². The molecule has 0 aliphatic heterocycles. The van der Waals surface area contributed by atoms with Gasteiger partial charge in [0, 0.05) is 48.8 Å². The molecule has 0 saturated heterocycles. The predicted octanol–water partition coefficient (Wildman–Crippen LogP) is 3.14. The third kappa shape index (κ3) is 5.75. The Hall–Kier alpha value is -1.53. The number of hydrogen-bond acceptors (Lipinski definition) is 3. The molecule has 0 unspecified atom stereocenters. The summed E-state index contributed by atoms with van der Waals surface area (Å²) < 4.78 is 7.02. The second-order valence-corrected chi connectivity index (χ2v) is 6.03. The summed E-state index contributed by atoms with van der Waals surface area (Å²) in [5.74, 6) is -0.0585. The van der Waals surface area contributed by atoms with E-state index >= 15 is 0 Å². The van der Waals surface area contributed by atoms with Gasteiger partial charge in [-0.1, -0.05) is 11.6 Å². The maximum absolute atomic E-state index is 12.4. The van der Waals surface area contributed by atoms with Crippen molar-refractivity contribution in [3.8, 4) is 5.69 Å². The summed E-state index contributed by atoms with van der Waals surface area (Å²) in [7, 11) is 1.67. The number of methoxy groups -OCH3 is 1. The van der Waals surface area contributed by atoms with Crippen LogP contribution in [0, 0.1) is 13.8 Å². The summed E-state index contributed by atoms with van der Waals surface area (Å²) in [5, 5.41) is 6.83. The normalized spacial score (nSPS) is 10.4. The van der Waals surface area contributed by atoms with Gasteiger partial charge in [-0.3, -0.25) is 4.79 Å². The zero-order chi connectivity index (χ0) is 17.5. The number of hydrogen-bond donors (Lipinski definition) is 2. The average molecular weight is 386 g/mol. The number of halogens is 2. The number of benzene rings is 1. The Kier molecular flexibility index (Phi) is 9.00. The average Bonchev–Trinajstić information content (AvgIpc) is 2.86. The molecule has 7 heteroatoms. The fourth-order valence-electron chi connectivity index (χ4n) is 2.64. The number of nitrogens with zero attached hydrogens (tertiary/aromatic N) is 1. The van der Waals surface area contributed by atoms with E-state index in [4.69, 9.17) is 16.3 Å². The number of carbonyl (C=O) groups is 1. The third-order valence-corrected chi connectivity index (χ3v) is 4.08. The molecular formula is C18H25Cl2N3O2. The number of rotatable bonds is 8. The largest absolute Gasteiger partial charge is 0.383 e. The summed E-state index contributed by atoms with van der Waals surface area (Å²) in [6.45, 7) is 6.67. The van der Waals surface area contributed by atoms with Crippen LogP contribution in [-0.4, -0.2) is 43.8 Å². The van der Waals surface area contributed by atoms with Crippen molar-refractivity contribution in [1.82, 2.24) is 15.2 Å². The maximum Gasteiger partial charge on any atom is 0.253 e. The highest BCUT2D eigenvalue weighted by Gasteiger charge is 2.16. The van der Waals surface area contributed by atoms with Crippen LogP contribution in [0.3, 0.4) is 0 Å². The van der Waals surface area contributed by atoms with Gasteiger partial charge >= 0.3 is 0 Å². The minimum absolute atomic E-state index is 0. The Morgan fingerprint density at radius 3 is 2.48 bits per heavy atom. The quantitative estimate of drug-likeness (QED) is 0.686. The van der Waals surface area contributed by atoms with Gasteiger partial charge in [0.2, 0.25) is 0 Å². The van der Waals surface area contributed by atoms with Gasteiger partial charge < -0.3 is 19.9 Å². The van der Waals surface area contributed by atoms with Crippen molar-refractivity contribution in [2.24, 2.45) is 0 Å². The molecule has 138 valence electrons. The second-order valence-electron chi connectivity index (χ2n) is 5.60. The summed E-state index contributed by atoms with van der Waals surface area (Å²) in [4.78, 5) is 12.4. The smallest absolute Gasteiger partial charge is 0.253 e. The van der Waals surface area contributed by atoms with Crippen LogP contribution in [0.2, 0.25) is 5.02 Å². The number of aromatic nitrogens is 1. The first-order valence-corrected chi connectivity index (χ1v) is 8.35. The van der Waals surface area contributed by atoms with Crippen LogP contribution in [0.15, 0.2) is 30.3 Å². The first kappa shape index (κ1) is 21.5. The fourth-order valence-corrected chi connectivity index (χ4v) is 2.77. The standard InChI is InChI=1S/C18H24ClN3O2.ClH/c1-13-12-17(18(23)21-9-8-20-10-11-24-3)14(2)22(13)16-6-4-15(19)5-7-16;/h4-7,12,20H,8-11H2,1-3H3,(H,21,23);1H. The monoisotopic (exact) mass is 385 g/mol. The number of amides is 1. The highest BCUT2D eigenvalue weighted by Crippen LogP contribution is 2.22. The SMILES string of the molecule is COCCNCCNC(=O)c1cc(C)n(-c2ccc(Cl)cc2)c1C.Cl. The lowest BCUT2D eigenvalue weighted by Crippen LogP contribution is -2.33. The van der Waals surface area contributed by atoms with E-state index in [2.05, 4.69) is 15.2 Å². The van der Waals surface area contributed by atoms with Gasteiger partial charge in [-0.15, -0.1) is 12.4 Å². The van der Waals surface area contributed by atoms with Gasteiger partial charge in [0.1, 0.15) is 0 Å². The molecule has 0 aliphatic carbocycles. The van der Waals surface area contributed by atoms with Crippen LogP contribution in [0.1, 0.15) is 21.7 Å². The maximum atomic E-state index is 12.4. The zero-order valence-corrected chi connectivity index (χ0v) is 16.3. The molecule has 2 N–H and O–H groups in total. The van der Waals surface area contributed by atoms with Gasteiger partial charge in [-0.05, 0) is 44.2 Å². The van der Waals surface area contributed by atoms with E-state index in [1.165, 1.54) is 0 Å². The van der Waals surface area contributed by atoms with Crippen molar-refractivity contribution in [3.63, 3.8) is 0 Å². The van der Waals surface area contributed by atoms with Crippen LogP contribution in [0.5, 0.6) is 0 Å². The summed E-state index contributed by atoms with van der Waals surface area (Å²) in [5.41, 5.74) is 3.62. The summed E-state index contributed by atoms with van der Waals surface area (Å²) >= 11 is 5.95. The summed E-state index contributed by atoms with van der Waals surface area (Å²) in [6.07, 6.45) is 0. The van der Waals surface area contributed by atoms with Gasteiger partial charge in [0.05, 0.1) is 12.2 Å². The molecule has 1 heterocycles. The number of aryl methyl sites for hydroxylation is 1. The van der Waals surface area contributed by atoms with Crippen molar-refractivity contribution in [2.45, 2.75) is 13.8 Å². The Labute approximate surface area is 160 Å². The highest BCUT2D eigenvalue weighted by molar-refractivity contribution is 6.30. The highest BCUT2D eigenvalue weighted by atomic mass is 35.5. The molecular weight excluding hydrogens is 361 g/mol. The lowest BCUT2D eigenvalue weighted by Gasteiger charge is -2.10. The second kappa shape index (κ2) is 10.5. The van der Waals surface area contributed by atoms with Crippen molar-refractivity contribution in [2.75, 3.05) is 33.4 Å². The molecule has 25 heavy (non-hydrogen) atoms. The molecule has 1 amide bonds. The van der Waals surface area contributed by atoms with Crippen LogP contribution in [-0.2, 0) is 4.74 Å². The molecule has 0 radical (unpaired) electrons. The topological polar surface area (TPSA) is 55.3 Å². The molecule has 2 rings (SSSR count). The van der Waals surface area contributed by atoms with E-state index in [-0.39, 0.29) is 18.3 Å². The molecule has 0 fully saturated rings. The van der Waals surface area contributed by atoms with E-state index in [0.29, 0.717) is 30.3 Å². The third-order valence-electron chi connectivity index (χ3n) is 3.83. The Balaban J connectivity index is 0.00000312. The number of nitrogens with one attached hydrogen (secondary N) is 2. The molecule has 5 nitrogen and oxygen atoms in total. The Morgan fingerprint density at radius 2 is 1.84 bits per heavy atom. The van der Waals surface area contributed by atoms with Crippen LogP contribution in [0.25, 0.3) is 5.69 Å². The molecule has 0 saturated carbocycles. The van der Waals surface area contributed by atoms with Crippen molar-refractivity contribution >= 4 is 29.9 Å². The van der Waals surface area contributed by atoms with Crippen LogP contribution < -0.4 is 10.6 Å². The van der Waals surface area contributed by atoms with Crippen molar-refractivity contribution in [1.29, 1.82) is 0 Å². The Morgan fingerprint density at radius 1 is 1.16 bits per heavy atom. The lowest BCUT2D eigenvalue weighted by molar-refractivity contribution is 0.0953. The number of ether oxygens (including phenoxy) is 1. The van der Waals surface area contributed by atoms with Crippen molar-refractivity contribution < 1.29 is 9.53 Å². The van der Waals surface area contributed by atoms with Gasteiger partial charge in [-0.2, -0.15) is 0 Å². The van der Waals surface area contributed by atoms with E-state index in [1.54, 1.807) is 7.11 Å². The zero-order valence-electron chi connectivity index (χ0n) is 14.8. The van der Waals surface area contributed by atoms with Crippen molar-refractivity contribution in [3.05, 3.63) is 52.3 Å².